The first kappa shape index (κ1) is 13.0. The standard InChI is InChI=1S/C17H16N4O/c1-11-9-18-16-8-15(20-21(16)10-11)17(22)19-14-6-12-4-2-3-5-13(12)7-14/h2-5,8-10,14H,6-7H2,1H3,(H,19,22). The molecule has 3 aromatic rings. The second-order valence-corrected chi connectivity index (χ2v) is 5.81. The molecule has 0 fully saturated rings. The summed E-state index contributed by atoms with van der Waals surface area (Å²) in [5, 5.41) is 7.38. The average molecular weight is 292 g/mol. The first-order chi connectivity index (χ1) is 10.7. The molecule has 4 rings (SSSR count). The molecular weight excluding hydrogens is 276 g/mol. The predicted molar refractivity (Wildman–Crippen MR) is 82.8 cm³/mol. The van der Waals surface area contributed by atoms with Crippen molar-refractivity contribution in [3.05, 3.63) is 65.1 Å². The number of rotatable bonds is 2. The van der Waals surface area contributed by atoms with Gasteiger partial charge in [0.15, 0.2) is 11.3 Å². The quantitative estimate of drug-likeness (QED) is 0.785. The van der Waals surface area contributed by atoms with E-state index in [9.17, 15) is 4.79 Å². The van der Waals surface area contributed by atoms with Crippen LogP contribution in [0.25, 0.3) is 5.65 Å². The smallest absolute Gasteiger partial charge is 0.272 e. The van der Waals surface area contributed by atoms with Gasteiger partial charge in [-0.3, -0.25) is 4.79 Å². The van der Waals surface area contributed by atoms with Gasteiger partial charge in [0.05, 0.1) is 0 Å². The van der Waals surface area contributed by atoms with Crippen molar-refractivity contribution in [2.24, 2.45) is 0 Å². The Morgan fingerprint density at radius 3 is 2.73 bits per heavy atom. The molecule has 0 saturated heterocycles. The monoisotopic (exact) mass is 292 g/mol. The second kappa shape index (κ2) is 4.94. The molecule has 0 bridgehead atoms. The van der Waals surface area contributed by atoms with E-state index in [1.165, 1.54) is 11.1 Å². The van der Waals surface area contributed by atoms with Crippen LogP contribution >= 0.6 is 0 Å². The highest BCUT2D eigenvalue weighted by atomic mass is 16.2. The van der Waals surface area contributed by atoms with Crippen molar-refractivity contribution in [1.29, 1.82) is 0 Å². The lowest BCUT2D eigenvalue weighted by Crippen LogP contribution is -2.35. The third-order valence-corrected chi connectivity index (χ3v) is 4.06. The van der Waals surface area contributed by atoms with Crippen LogP contribution in [-0.2, 0) is 12.8 Å². The molecule has 1 amide bonds. The van der Waals surface area contributed by atoms with Crippen molar-refractivity contribution in [2.45, 2.75) is 25.8 Å². The fraction of sp³-hybridized carbons (Fsp3) is 0.235. The number of hydrogen-bond donors (Lipinski definition) is 1. The van der Waals surface area contributed by atoms with E-state index in [2.05, 4.69) is 27.5 Å². The van der Waals surface area contributed by atoms with E-state index in [0.717, 1.165) is 18.4 Å². The molecule has 1 N–H and O–H groups in total. The summed E-state index contributed by atoms with van der Waals surface area (Å²) >= 11 is 0. The van der Waals surface area contributed by atoms with E-state index < -0.39 is 0 Å². The van der Waals surface area contributed by atoms with Gasteiger partial charge in [0.25, 0.3) is 5.91 Å². The number of aryl methyl sites for hydroxylation is 1. The first-order valence-corrected chi connectivity index (χ1v) is 7.39. The van der Waals surface area contributed by atoms with Gasteiger partial charge >= 0.3 is 0 Å². The molecule has 1 aliphatic carbocycles. The predicted octanol–water partition coefficient (Wildman–Crippen LogP) is 1.93. The maximum absolute atomic E-state index is 12.4. The van der Waals surface area contributed by atoms with E-state index in [1.54, 1.807) is 16.8 Å². The molecule has 22 heavy (non-hydrogen) atoms. The van der Waals surface area contributed by atoms with Crippen molar-refractivity contribution in [2.75, 3.05) is 0 Å². The zero-order valence-electron chi connectivity index (χ0n) is 12.3. The number of amides is 1. The number of nitrogens with zero attached hydrogens (tertiary/aromatic N) is 3. The summed E-state index contributed by atoms with van der Waals surface area (Å²) in [4.78, 5) is 16.7. The van der Waals surface area contributed by atoms with Crippen LogP contribution in [0.1, 0.15) is 27.2 Å². The Morgan fingerprint density at radius 2 is 2.00 bits per heavy atom. The van der Waals surface area contributed by atoms with Gasteiger partial charge in [-0.25, -0.2) is 9.50 Å². The normalized spacial score (nSPS) is 14.2. The molecule has 0 aliphatic heterocycles. The number of aromatic nitrogens is 3. The Balaban J connectivity index is 1.52. The molecule has 0 unspecified atom stereocenters. The van der Waals surface area contributed by atoms with E-state index in [4.69, 9.17) is 0 Å². The molecule has 1 aliphatic rings. The van der Waals surface area contributed by atoms with Gasteiger partial charge in [0.1, 0.15) is 0 Å². The third-order valence-electron chi connectivity index (χ3n) is 4.06. The van der Waals surface area contributed by atoms with Crippen molar-refractivity contribution >= 4 is 11.6 Å². The van der Waals surface area contributed by atoms with Gasteiger partial charge in [-0.1, -0.05) is 24.3 Å². The lowest BCUT2D eigenvalue weighted by atomic mass is 10.1. The van der Waals surface area contributed by atoms with Crippen molar-refractivity contribution in [1.82, 2.24) is 19.9 Å². The van der Waals surface area contributed by atoms with Crippen LogP contribution in [0, 0.1) is 6.92 Å². The van der Waals surface area contributed by atoms with Gasteiger partial charge in [-0.2, -0.15) is 5.10 Å². The molecule has 0 saturated carbocycles. The molecule has 0 atom stereocenters. The van der Waals surface area contributed by atoms with Gasteiger partial charge in [0, 0.05) is 24.5 Å². The van der Waals surface area contributed by atoms with E-state index in [1.807, 2.05) is 25.3 Å². The highest BCUT2D eigenvalue weighted by molar-refractivity contribution is 5.93. The van der Waals surface area contributed by atoms with E-state index >= 15 is 0 Å². The van der Waals surface area contributed by atoms with Crippen molar-refractivity contribution in [3.8, 4) is 0 Å². The molecule has 5 heteroatoms. The van der Waals surface area contributed by atoms with Crippen LogP contribution < -0.4 is 5.32 Å². The zero-order chi connectivity index (χ0) is 15.1. The van der Waals surface area contributed by atoms with Crippen LogP contribution in [-0.4, -0.2) is 26.5 Å². The third kappa shape index (κ3) is 2.24. The first-order valence-electron chi connectivity index (χ1n) is 7.39. The molecule has 2 aromatic heterocycles. The Morgan fingerprint density at radius 1 is 1.27 bits per heavy atom. The lowest BCUT2D eigenvalue weighted by Gasteiger charge is -2.10. The van der Waals surface area contributed by atoms with Gasteiger partial charge in [0.2, 0.25) is 0 Å². The number of nitrogens with one attached hydrogen (secondary N) is 1. The minimum absolute atomic E-state index is 0.138. The number of fused-ring (bicyclic) bond motifs is 2. The summed E-state index contributed by atoms with van der Waals surface area (Å²) in [7, 11) is 0. The van der Waals surface area contributed by atoms with Crippen LogP contribution in [0.15, 0.2) is 42.7 Å². The fourth-order valence-corrected chi connectivity index (χ4v) is 3.00. The minimum atomic E-state index is -0.138. The summed E-state index contributed by atoms with van der Waals surface area (Å²) in [5.74, 6) is -0.138. The Hall–Kier alpha value is -2.69. The number of carbonyl (C=O) groups is 1. The molecule has 110 valence electrons. The van der Waals surface area contributed by atoms with Crippen molar-refractivity contribution < 1.29 is 4.79 Å². The molecule has 5 nitrogen and oxygen atoms in total. The summed E-state index contributed by atoms with van der Waals surface area (Å²) < 4.78 is 1.65. The van der Waals surface area contributed by atoms with Crippen LogP contribution in [0.3, 0.4) is 0 Å². The van der Waals surface area contributed by atoms with E-state index in [0.29, 0.717) is 11.3 Å². The Kier molecular flexibility index (Phi) is 2.92. The largest absolute Gasteiger partial charge is 0.347 e. The maximum Gasteiger partial charge on any atom is 0.272 e. The molecule has 2 heterocycles. The van der Waals surface area contributed by atoms with Crippen LogP contribution in [0.2, 0.25) is 0 Å². The Bertz CT molecular complexity index is 843. The maximum atomic E-state index is 12.4. The number of hydrogen-bond acceptors (Lipinski definition) is 3. The summed E-state index contributed by atoms with van der Waals surface area (Å²) in [6, 6.07) is 10.2. The summed E-state index contributed by atoms with van der Waals surface area (Å²) in [5.41, 5.74) is 4.74. The van der Waals surface area contributed by atoms with E-state index in [-0.39, 0.29) is 11.9 Å². The number of benzene rings is 1. The molecule has 1 aromatic carbocycles. The summed E-state index contributed by atoms with van der Waals surface area (Å²) in [6.45, 7) is 1.95. The Labute approximate surface area is 128 Å². The van der Waals surface area contributed by atoms with Crippen LogP contribution in [0.5, 0.6) is 0 Å². The van der Waals surface area contributed by atoms with Crippen LogP contribution in [0.4, 0.5) is 0 Å². The minimum Gasteiger partial charge on any atom is -0.347 e. The molecular formula is C17H16N4O. The number of carbonyl (C=O) groups excluding carboxylic acids is 1. The average Bonchev–Trinajstić information content (AvgIpc) is 3.09. The zero-order valence-corrected chi connectivity index (χ0v) is 12.3. The van der Waals surface area contributed by atoms with Gasteiger partial charge < -0.3 is 5.32 Å². The van der Waals surface area contributed by atoms with Gasteiger partial charge in [-0.05, 0) is 36.5 Å². The lowest BCUT2D eigenvalue weighted by molar-refractivity contribution is 0.0933. The van der Waals surface area contributed by atoms with Gasteiger partial charge in [-0.15, -0.1) is 0 Å². The van der Waals surface area contributed by atoms with Crippen molar-refractivity contribution in [3.63, 3.8) is 0 Å². The molecule has 0 spiro atoms. The summed E-state index contributed by atoms with van der Waals surface area (Å²) in [6.07, 6.45) is 5.40. The topological polar surface area (TPSA) is 59.3 Å². The highest BCUT2D eigenvalue weighted by Gasteiger charge is 2.23. The molecule has 0 radical (unpaired) electrons. The second-order valence-electron chi connectivity index (χ2n) is 5.81. The fourth-order valence-electron chi connectivity index (χ4n) is 3.00. The highest BCUT2D eigenvalue weighted by Crippen LogP contribution is 2.21. The SMILES string of the molecule is Cc1cnc2cc(C(=O)NC3Cc4ccccc4C3)nn2c1.